The minimum Gasteiger partial charge on any atom is -0.462 e. The number of hydrogen-bond acceptors (Lipinski definition) is 7. The second-order valence-corrected chi connectivity index (χ2v) is 17.7. The summed E-state index contributed by atoms with van der Waals surface area (Å²) in [4.78, 5) is 24.2. The summed E-state index contributed by atoms with van der Waals surface area (Å²) in [5.74, 6) is 0.755. The molecule has 2 heterocycles. The first-order valence-corrected chi connectivity index (χ1v) is 18.5. The predicted molar refractivity (Wildman–Crippen MR) is 181 cm³/mol. The highest BCUT2D eigenvalue weighted by Gasteiger charge is 2.75. The van der Waals surface area contributed by atoms with Crippen LogP contribution in [-0.2, 0) is 23.8 Å². The van der Waals surface area contributed by atoms with Crippen LogP contribution in [0.2, 0.25) is 0 Å². The highest BCUT2D eigenvalue weighted by molar-refractivity contribution is 5.74. The summed E-state index contributed by atoms with van der Waals surface area (Å²) in [5.41, 5.74) is -0.685. The highest BCUT2D eigenvalue weighted by atomic mass is 16.6. The van der Waals surface area contributed by atoms with Crippen molar-refractivity contribution in [1.82, 2.24) is 0 Å². The van der Waals surface area contributed by atoms with E-state index in [1.165, 1.54) is 45.4 Å². The quantitative estimate of drug-likeness (QED) is 0.0799. The lowest BCUT2D eigenvalue weighted by Crippen LogP contribution is -2.47. The standard InChI is InChI=1S/C39H66O7/c1-26(16-17-33-35(4,5)24-32(44-28(3)40)25-37(33,8)43)14-12-10-11-13-15-27(2)20-31-21-29(34(42)45-31)18-19-39-36(6,7)22-30(41)23-38(39,9)46-39/h17,26-27,29-32,41,43H,10-16,18-25H2,1-9H3/t26-,27?,29?,30-,31?,32+,37-,38-,39+/m1/s1. The molecule has 4 fully saturated rings. The summed E-state index contributed by atoms with van der Waals surface area (Å²) in [6, 6.07) is 0. The number of ether oxygens (including phenoxy) is 3. The predicted octanol–water partition coefficient (Wildman–Crippen LogP) is 8.23. The maximum absolute atomic E-state index is 12.7. The summed E-state index contributed by atoms with van der Waals surface area (Å²) < 4.78 is 17.7. The Labute approximate surface area is 279 Å². The Kier molecular flexibility index (Phi) is 11.5. The Balaban J connectivity index is 1.09. The number of allylic oxidation sites excluding steroid dienone is 1. The minimum absolute atomic E-state index is 0.0313. The van der Waals surface area contributed by atoms with E-state index in [-0.39, 0.29) is 58.2 Å². The average Bonchev–Trinajstić information content (AvgIpc) is 3.36. The van der Waals surface area contributed by atoms with E-state index < -0.39 is 5.60 Å². The van der Waals surface area contributed by atoms with Gasteiger partial charge in [0.2, 0.25) is 0 Å². The van der Waals surface area contributed by atoms with E-state index in [4.69, 9.17) is 14.2 Å². The molecule has 2 N–H and O–H groups in total. The van der Waals surface area contributed by atoms with Crippen LogP contribution in [0.5, 0.6) is 0 Å². The molecule has 2 saturated heterocycles. The lowest BCUT2D eigenvalue weighted by atomic mass is 9.61. The summed E-state index contributed by atoms with van der Waals surface area (Å²) in [6.07, 6.45) is 16.0. The molecule has 2 aliphatic heterocycles. The van der Waals surface area contributed by atoms with E-state index >= 15 is 0 Å². The van der Waals surface area contributed by atoms with Crippen molar-refractivity contribution in [3.05, 3.63) is 11.6 Å². The Hall–Kier alpha value is -1.44. The van der Waals surface area contributed by atoms with Crippen molar-refractivity contribution in [2.45, 2.75) is 194 Å². The van der Waals surface area contributed by atoms with Crippen LogP contribution in [0.4, 0.5) is 0 Å². The lowest BCUT2D eigenvalue weighted by Gasteiger charge is -2.46. The molecule has 7 nitrogen and oxygen atoms in total. The molecule has 4 aliphatic rings. The van der Waals surface area contributed by atoms with E-state index in [1.807, 2.05) is 6.92 Å². The molecule has 4 rings (SSSR count). The van der Waals surface area contributed by atoms with E-state index in [0.29, 0.717) is 24.7 Å². The monoisotopic (exact) mass is 646 g/mol. The smallest absolute Gasteiger partial charge is 0.309 e. The molecular formula is C39H66O7. The van der Waals surface area contributed by atoms with E-state index in [0.717, 1.165) is 50.5 Å². The molecule has 0 aromatic heterocycles. The van der Waals surface area contributed by atoms with Crippen molar-refractivity contribution in [3.63, 3.8) is 0 Å². The number of cyclic esters (lactones) is 1. The number of aliphatic hydroxyl groups excluding tert-OH is 1. The van der Waals surface area contributed by atoms with Crippen molar-refractivity contribution in [2.75, 3.05) is 0 Å². The maximum Gasteiger partial charge on any atom is 0.309 e. The second kappa shape index (κ2) is 14.2. The van der Waals surface area contributed by atoms with Gasteiger partial charge in [-0.15, -0.1) is 0 Å². The van der Waals surface area contributed by atoms with E-state index in [9.17, 15) is 19.8 Å². The van der Waals surface area contributed by atoms with Crippen LogP contribution in [0.1, 0.15) is 159 Å². The fourth-order valence-corrected chi connectivity index (χ4v) is 10.0. The largest absolute Gasteiger partial charge is 0.462 e. The van der Waals surface area contributed by atoms with Gasteiger partial charge in [-0.3, -0.25) is 9.59 Å². The molecule has 9 atom stereocenters. The minimum atomic E-state index is -0.957. The third-order valence-corrected chi connectivity index (χ3v) is 12.2. The molecule has 0 amide bonds. The van der Waals surface area contributed by atoms with Crippen molar-refractivity contribution in [2.24, 2.45) is 28.6 Å². The SMILES string of the molecule is CC(=O)O[C@H]1CC(C)(C)C(=CC[C@H](C)CCCCCCC(C)CC2CC(CC[C@@]34O[C@]3(C)C[C@H](O)CC4(C)C)C(=O)O2)[C@](C)(O)C1. The summed E-state index contributed by atoms with van der Waals surface area (Å²) in [7, 11) is 0. The third kappa shape index (κ3) is 8.58. The van der Waals surface area contributed by atoms with Crippen LogP contribution >= 0.6 is 0 Å². The van der Waals surface area contributed by atoms with E-state index in [1.54, 1.807) is 0 Å². The van der Waals surface area contributed by atoms with Gasteiger partial charge in [-0.2, -0.15) is 0 Å². The van der Waals surface area contributed by atoms with Gasteiger partial charge in [-0.25, -0.2) is 0 Å². The average molecular weight is 647 g/mol. The molecule has 2 aliphatic carbocycles. The molecule has 2 saturated carbocycles. The number of unbranched alkanes of at least 4 members (excludes halogenated alkanes) is 3. The zero-order valence-corrected chi connectivity index (χ0v) is 30.6. The molecule has 3 unspecified atom stereocenters. The number of esters is 2. The van der Waals surface area contributed by atoms with Crippen LogP contribution in [0, 0.1) is 28.6 Å². The molecule has 7 heteroatoms. The van der Waals surface area contributed by atoms with Gasteiger partial charge in [0.25, 0.3) is 0 Å². The fourth-order valence-electron chi connectivity index (χ4n) is 10.0. The molecular weight excluding hydrogens is 580 g/mol. The second-order valence-electron chi connectivity index (χ2n) is 17.7. The molecule has 0 spiro atoms. The van der Waals surface area contributed by atoms with Gasteiger partial charge in [-0.1, -0.05) is 86.1 Å². The summed E-state index contributed by atoms with van der Waals surface area (Å²) >= 11 is 0. The van der Waals surface area contributed by atoms with Gasteiger partial charge in [-0.05, 0) is 87.0 Å². The van der Waals surface area contributed by atoms with Crippen molar-refractivity contribution in [3.8, 4) is 0 Å². The third-order valence-electron chi connectivity index (χ3n) is 12.2. The molecule has 0 bridgehead atoms. The number of epoxide rings is 1. The number of rotatable bonds is 15. The molecule has 264 valence electrons. The molecule has 46 heavy (non-hydrogen) atoms. The number of hydrogen-bond donors (Lipinski definition) is 2. The van der Waals surface area contributed by atoms with Gasteiger partial charge >= 0.3 is 11.9 Å². The number of fused-ring (bicyclic) bond motifs is 1. The molecule has 0 aromatic carbocycles. The maximum atomic E-state index is 12.7. The van der Waals surface area contributed by atoms with Gasteiger partial charge in [0.15, 0.2) is 0 Å². The van der Waals surface area contributed by atoms with Gasteiger partial charge in [0.1, 0.15) is 17.8 Å². The van der Waals surface area contributed by atoms with Gasteiger partial charge in [0.05, 0.1) is 23.2 Å². The Morgan fingerprint density at radius 2 is 1.63 bits per heavy atom. The normalized spacial score (nSPS) is 38.6. The van der Waals surface area contributed by atoms with E-state index in [2.05, 4.69) is 54.5 Å². The van der Waals surface area contributed by atoms with Crippen molar-refractivity contribution < 1.29 is 34.0 Å². The summed E-state index contributed by atoms with van der Waals surface area (Å²) in [5, 5.41) is 21.5. The summed E-state index contributed by atoms with van der Waals surface area (Å²) in [6.45, 7) is 18.7. The first-order chi connectivity index (χ1) is 21.3. The van der Waals surface area contributed by atoms with Crippen molar-refractivity contribution in [1.29, 1.82) is 0 Å². The first-order valence-electron chi connectivity index (χ1n) is 18.5. The molecule has 0 radical (unpaired) electrons. The lowest BCUT2D eigenvalue weighted by molar-refractivity contribution is -0.152. The fraction of sp³-hybridized carbons (Fsp3) is 0.897. The number of carbonyl (C=O) groups excluding carboxylic acids is 2. The molecule has 0 aromatic rings. The van der Waals surface area contributed by atoms with Gasteiger partial charge in [0, 0.05) is 19.8 Å². The Bertz CT molecular complexity index is 1090. The Morgan fingerprint density at radius 1 is 0.978 bits per heavy atom. The highest BCUT2D eigenvalue weighted by Crippen LogP contribution is 2.67. The topological polar surface area (TPSA) is 106 Å². The van der Waals surface area contributed by atoms with Crippen LogP contribution in [0.15, 0.2) is 11.6 Å². The van der Waals surface area contributed by atoms with Crippen molar-refractivity contribution >= 4 is 11.9 Å². The zero-order valence-electron chi connectivity index (χ0n) is 30.6. The number of carbonyl (C=O) groups is 2. The first kappa shape index (κ1) is 37.4. The van der Waals surface area contributed by atoms with Gasteiger partial charge < -0.3 is 24.4 Å². The van der Waals surface area contributed by atoms with Crippen LogP contribution in [0.3, 0.4) is 0 Å². The van der Waals surface area contributed by atoms with Crippen LogP contribution in [-0.4, -0.2) is 57.3 Å². The zero-order chi connectivity index (χ0) is 34.1. The van der Waals surface area contributed by atoms with Crippen LogP contribution < -0.4 is 0 Å². The number of aliphatic hydroxyl groups is 2. The van der Waals surface area contributed by atoms with Crippen LogP contribution in [0.25, 0.3) is 0 Å². The Morgan fingerprint density at radius 3 is 2.24 bits per heavy atom.